The first-order chi connectivity index (χ1) is 17.3. The second-order valence-electron chi connectivity index (χ2n) is 8.37. The predicted molar refractivity (Wildman–Crippen MR) is 143 cm³/mol. The molecule has 0 spiro atoms. The lowest BCUT2D eigenvalue weighted by molar-refractivity contribution is -0.121. The van der Waals surface area contributed by atoms with Gasteiger partial charge in [-0.05, 0) is 61.2 Å². The number of aromatic nitrogens is 2. The molecular weight excluding hydrogens is 540 g/mol. The largest absolute Gasteiger partial charge is 0.494 e. The topological polar surface area (TPSA) is 92.7 Å². The van der Waals surface area contributed by atoms with Gasteiger partial charge in [-0.3, -0.25) is 14.7 Å². The first-order valence-corrected chi connectivity index (χ1v) is 14.7. The lowest BCUT2D eigenvalue weighted by Gasteiger charge is -2.28. The highest BCUT2D eigenvalue weighted by Gasteiger charge is 2.42. The molecule has 188 valence electrons. The number of anilines is 1. The molecule has 1 unspecified atom stereocenters. The van der Waals surface area contributed by atoms with Crippen LogP contribution in [0.15, 0.2) is 53.0 Å². The number of ether oxygens (including phenoxy) is 1. The monoisotopic (exact) mass is 562 g/mol. The molecule has 0 bridgehead atoms. The molecule has 1 aliphatic heterocycles. The number of halogens is 1. The van der Waals surface area contributed by atoms with Crippen molar-refractivity contribution in [3.63, 3.8) is 0 Å². The van der Waals surface area contributed by atoms with Crippen LogP contribution in [0.2, 0.25) is 4.34 Å². The molecule has 1 aromatic carbocycles. The summed E-state index contributed by atoms with van der Waals surface area (Å²) in [5.41, 5.74) is 2.55. The molecule has 0 radical (unpaired) electrons. The number of pyridine rings is 1. The van der Waals surface area contributed by atoms with E-state index in [2.05, 4.69) is 4.98 Å². The van der Waals surface area contributed by atoms with E-state index < -0.39 is 16.1 Å². The van der Waals surface area contributed by atoms with Gasteiger partial charge in [-0.25, -0.2) is 13.4 Å². The summed E-state index contributed by atoms with van der Waals surface area (Å²) >= 11 is 8.39. The molecule has 8 nitrogen and oxygen atoms in total. The third kappa shape index (κ3) is 4.61. The van der Waals surface area contributed by atoms with Crippen LogP contribution in [0.3, 0.4) is 0 Å². The van der Waals surface area contributed by atoms with Crippen LogP contribution in [0.5, 0.6) is 5.75 Å². The van der Waals surface area contributed by atoms with Crippen LogP contribution in [0.4, 0.5) is 5.13 Å². The van der Waals surface area contributed by atoms with E-state index in [0.29, 0.717) is 33.6 Å². The van der Waals surface area contributed by atoms with Crippen LogP contribution in [0, 0.1) is 6.92 Å². The summed E-state index contributed by atoms with van der Waals surface area (Å²) in [6, 6.07) is 9.67. The van der Waals surface area contributed by atoms with E-state index in [1.807, 2.05) is 31.2 Å². The van der Waals surface area contributed by atoms with Crippen LogP contribution in [-0.4, -0.2) is 48.3 Å². The van der Waals surface area contributed by atoms with E-state index in [1.54, 1.807) is 30.5 Å². The fourth-order valence-corrected chi connectivity index (χ4v) is 8.61. The molecule has 5 rings (SSSR count). The molecular formula is C24H23ClN4O4S3. The summed E-state index contributed by atoms with van der Waals surface area (Å²) in [6.07, 6.45) is 4.34. The van der Waals surface area contributed by atoms with Gasteiger partial charge >= 0.3 is 0 Å². The third-order valence-electron chi connectivity index (χ3n) is 6.10. The van der Waals surface area contributed by atoms with Crippen LogP contribution in [0.1, 0.15) is 24.0 Å². The molecule has 1 atom stereocenters. The van der Waals surface area contributed by atoms with Crippen molar-refractivity contribution in [2.45, 2.75) is 36.6 Å². The molecule has 0 saturated carbocycles. The Bertz CT molecular complexity index is 1520. The van der Waals surface area contributed by atoms with Crippen molar-refractivity contribution in [2.24, 2.45) is 0 Å². The van der Waals surface area contributed by atoms with Crippen LogP contribution >= 0.6 is 34.3 Å². The number of thiophene rings is 1. The summed E-state index contributed by atoms with van der Waals surface area (Å²) in [5, 5.41) is 0.489. The Morgan fingerprint density at radius 3 is 2.67 bits per heavy atom. The van der Waals surface area contributed by atoms with Gasteiger partial charge in [0.2, 0.25) is 5.91 Å². The molecule has 3 aromatic heterocycles. The van der Waals surface area contributed by atoms with E-state index in [1.165, 1.54) is 21.7 Å². The highest BCUT2D eigenvalue weighted by Crippen LogP contribution is 2.38. The standard InChI is InChI=1S/C24H23ClN4O4S3/c1-15-5-6-18(33-2)21-22(15)35-24(27-21)28(14-16-9-11-26-12-10-16)23(30)17-4-3-13-29(17)36(31,32)20-8-7-19(25)34-20/h5-12,17H,3-4,13-14H2,1-2H3. The number of thiazole rings is 1. The minimum absolute atomic E-state index is 0.133. The summed E-state index contributed by atoms with van der Waals surface area (Å²) in [6.45, 7) is 2.48. The van der Waals surface area contributed by atoms with Gasteiger partial charge in [0, 0.05) is 18.9 Å². The molecule has 36 heavy (non-hydrogen) atoms. The highest BCUT2D eigenvalue weighted by molar-refractivity contribution is 7.91. The number of aryl methyl sites for hydroxylation is 1. The number of benzene rings is 1. The second kappa shape index (κ2) is 10.1. The first kappa shape index (κ1) is 25.1. The fraction of sp³-hybridized carbons (Fsp3) is 0.292. The van der Waals surface area contributed by atoms with E-state index in [9.17, 15) is 13.2 Å². The fourth-order valence-electron chi connectivity index (χ4n) is 4.30. The van der Waals surface area contributed by atoms with Gasteiger partial charge < -0.3 is 4.74 Å². The van der Waals surface area contributed by atoms with Crippen molar-refractivity contribution in [1.82, 2.24) is 14.3 Å². The maximum absolute atomic E-state index is 14.1. The number of carbonyl (C=O) groups excluding carboxylic acids is 1. The zero-order chi connectivity index (χ0) is 25.4. The number of carbonyl (C=O) groups is 1. The zero-order valence-electron chi connectivity index (χ0n) is 19.5. The molecule has 1 fully saturated rings. The van der Waals surface area contributed by atoms with Gasteiger partial charge in [0.05, 0.1) is 22.7 Å². The minimum atomic E-state index is -3.87. The van der Waals surface area contributed by atoms with Gasteiger partial charge in [-0.1, -0.05) is 29.0 Å². The SMILES string of the molecule is COc1ccc(C)c2sc(N(Cc3ccncc3)C(=O)C3CCCN3S(=O)(=O)c3ccc(Cl)s3)nc12. The number of rotatable bonds is 7. The summed E-state index contributed by atoms with van der Waals surface area (Å²) in [7, 11) is -2.29. The normalized spacial score (nSPS) is 16.5. The van der Waals surface area contributed by atoms with Crippen molar-refractivity contribution in [2.75, 3.05) is 18.6 Å². The Morgan fingerprint density at radius 2 is 1.97 bits per heavy atom. The maximum atomic E-state index is 14.1. The number of fused-ring (bicyclic) bond motifs is 1. The summed E-state index contributed by atoms with van der Waals surface area (Å²) < 4.78 is 35.1. The number of sulfonamides is 1. The van der Waals surface area contributed by atoms with Crippen molar-refractivity contribution < 1.29 is 17.9 Å². The van der Waals surface area contributed by atoms with E-state index in [-0.39, 0.29) is 23.2 Å². The average Bonchev–Trinajstić information content (AvgIpc) is 3.63. The Labute approximate surface area is 222 Å². The molecule has 4 heterocycles. The third-order valence-corrected chi connectivity index (χ3v) is 10.9. The summed E-state index contributed by atoms with van der Waals surface area (Å²) in [5.74, 6) is 0.306. The van der Waals surface area contributed by atoms with Crippen molar-refractivity contribution in [3.05, 3.63) is 64.3 Å². The Hall–Kier alpha value is -2.57. The number of hydrogen-bond donors (Lipinski definition) is 0. The lowest BCUT2D eigenvalue weighted by Crippen LogP contribution is -2.47. The van der Waals surface area contributed by atoms with Crippen LogP contribution in [0.25, 0.3) is 10.2 Å². The van der Waals surface area contributed by atoms with Crippen molar-refractivity contribution in [3.8, 4) is 5.75 Å². The Balaban J connectivity index is 1.56. The smallest absolute Gasteiger partial charge is 0.253 e. The summed E-state index contributed by atoms with van der Waals surface area (Å²) in [4.78, 5) is 24.5. The molecule has 1 aliphatic rings. The molecule has 0 aliphatic carbocycles. The first-order valence-electron chi connectivity index (χ1n) is 11.2. The van der Waals surface area contributed by atoms with E-state index in [4.69, 9.17) is 21.3 Å². The van der Waals surface area contributed by atoms with Gasteiger partial charge in [0.25, 0.3) is 10.0 Å². The number of hydrogen-bond acceptors (Lipinski definition) is 8. The van der Waals surface area contributed by atoms with E-state index in [0.717, 1.165) is 27.2 Å². The zero-order valence-corrected chi connectivity index (χ0v) is 22.8. The number of amides is 1. The Morgan fingerprint density at radius 1 is 1.19 bits per heavy atom. The second-order valence-corrected chi connectivity index (χ2v) is 13.2. The Kier molecular flexibility index (Phi) is 7.01. The molecule has 1 amide bonds. The van der Waals surface area contributed by atoms with Gasteiger partial charge in [-0.2, -0.15) is 4.31 Å². The predicted octanol–water partition coefficient (Wildman–Crippen LogP) is 5.11. The van der Waals surface area contributed by atoms with Gasteiger partial charge in [-0.15, -0.1) is 11.3 Å². The minimum Gasteiger partial charge on any atom is -0.494 e. The average molecular weight is 563 g/mol. The molecule has 1 saturated heterocycles. The van der Waals surface area contributed by atoms with E-state index >= 15 is 0 Å². The number of methoxy groups -OCH3 is 1. The van der Waals surface area contributed by atoms with Crippen LogP contribution in [-0.2, 0) is 21.4 Å². The van der Waals surface area contributed by atoms with Crippen molar-refractivity contribution >= 4 is 65.6 Å². The lowest BCUT2D eigenvalue weighted by atomic mass is 10.2. The quantitative estimate of drug-likeness (QED) is 0.311. The number of nitrogens with zero attached hydrogens (tertiary/aromatic N) is 4. The van der Waals surface area contributed by atoms with Crippen LogP contribution < -0.4 is 9.64 Å². The highest BCUT2D eigenvalue weighted by atomic mass is 35.5. The molecule has 12 heteroatoms. The van der Waals surface area contributed by atoms with Gasteiger partial charge in [0.15, 0.2) is 5.13 Å². The molecule has 0 N–H and O–H groups in total. The van der Waals surface area contributed by atoms with Crippen molar-refractivity contribution in [1.29, 1.82) is 0 Å². The maximum Gasteiger partial charge on any atom is 0.253 e. The van der Waals surface area contributed by atoms with Gasteiger partial charge in [0.1, 0.15) is 21.5 Å². The molecule has 4 aromatic rings.